The average Bonchev–Trinajstić information content (AvgIpc) is 2.92. The predicted molar refractivity (Wildman–Crippen MR) is 142 cm³/mol. The van der Waals surface area contributed by atoms with Crippen LogP contribution in [0.25, 0.3) is 22.4 Å². The van der Waals surface area contributed by atoms with Gasteiger partial charge in [0.15, 0.2) is 12.4 Å². The van der Waals surface area contributed by atoms with Crippen molar-refractivity contribution in [3.63, 3.8) is 0 Å². The van der Waals surface area contributed by atoms with Gasteiger partial charge in [-0.1, -0.05) is 90.5 Å². The number of rotatable bonds is 9. The zero-order valence-corrected chi connectivity index (χ0v) is 20.6. The Labute approximate surface area is 214 Å². The standard InChI is InChI=1S/C30H24N2O3S/c1-21-12-14-24(15-13-21)28(33)20-35-29(34)16-17-36-30-26(19-31)25(22-8-4-2-5-9-22)18-27(32-30)23-10-6-3-7-11-23/h2-15,18H,16-17,20H2,1H3. The summed E-state index contributed by atoms with van der Waals surface area (Å²) in [5.74, 6) is -0.345. The summed E-state index contributed by atoms with van der Waals surface area (Å²) in [4.78, 5) is 29.3. The lowest BCUT2D eigenvalue weighted by Gasteiger charge is -2.12. The van der Waals surface area contributed by atoms with Crippen molar-refractivity contribution >= 4 is 23.5 Å². The second-order valence-corrected chi connectivity index (χ2v) is 9.21. The molecule has 1 heterocycles. The average molecular weight is 493 g/mol. The third-order valence-electron chi connectivity index (χ3n) is 5.54. The minimum atomic E-state index is -0.469. The smallest absolute Gasteiger partial charge is 0.307 e. The van der Waals surface area contributed by atoms with Crippen LogP contribution in [0.3, 0.4) is 0 Å². The van der Waals surface area contributed by atoms with E-state index in [1.807, 2.05) is 85.8 Å². The first-order valence-electron chi connectivity index (χ1n) is 11.5. The highest BCUT2D eigenvalue weighted by Gasteiger charge is 2.17. The number of benzene rings is 3. The largest absolute Gasteiger partial charge is 0.457 e. The molecule has 0 amide bonds. The minimum Gasteiger partial charge on any atom is -0.457 e. The van der Waals surface area contributed by atoms with Gasteiger partial charge in [-0.2, -0.15) is 5.26 Å². The van der Waals surface area contributed by atoms with Gasteiger partial charge >= 0.3 is 5.97 Å². The van der Waals surface area contributed by atoms with Crippen molar-refractivity contribution in [2.45, 2.75) is 18.4 Å². The Kier molecular flexibility index (Phi) is 8.28. The third kappa shape index (κ3) is 6.26. The first-order valence-corrected chi connectivity index (χ1v) is 12.5. The number of thioether (sulfide) groups is 1. The zero-order chi connectivity index (χ0) is 25.3. The van der Waals surface area contributed by atoms with Crippen LogP contribution in [0.1, 0.15) is 27.9 Å². The number of Topliss-reactive ketones (excluding diaryl/α,β-unsaturated/α-hetero) is 1. The number of aryl methyl sites for hydroxylation is 1. The lowest BCUT2D eigenvalue weighted by Crippen LogP contribution is -2.14. The van der Waals surface area contributed by atoms with Crippen molar-refractivity contribution in [1.82, 2.24) is 4.98 Å². The molecule has 0 aliphatic heterocycles. The highest BCUT2D eigenvalue weighted by Crippen LogP contribution is 2.34. The summed E-state index contributed by atoms with van der Waals surface area (Å²) in [5.41, 5.74) is 5.44. The summed E-state index contributed by atoms with van der Waals surface area (Å²) in [5, 5.41) is 10.5. The van der Waals surface area contributed by atoms with Crippen molar-refractivity contribution in [2.75, 3.05) is 12.4 Å². The number of nitriles is 1. The molecule has 5 nitrogen and oxygen atoms in total. The maximum atomic E-state index is 12.3. The predicted octanol–water partition coefficient (Wildman–Crippen LogP) is 6.50. The van der Waals surface area contributed by atoms with E-state index in [4.69, 9.17) is 9.72 Å². The van der Waals surface area contributed by atoms with Gasteiger partial charge in [-0.3, -0.25) is 9.59 Å². The van der Waals surface area contributed by atoms with Gasteiger partial charge in [-0.15, -0.1) is 11.8 Å². The Bertz CT molecular complexity index is 1400. The van der Waals surface area contributed by atoms with E-state index in [0.717, 1.165) is 27.9 Å². The molecule has 178 valence electrons. The first kappa shape index (κ1) is 24.9. The van der Waals surface area contributed by atoms with Crippen LogP contribution in [-0.2, 0) is 9.53 Å². The van der Waals surface area contributed by atoms with E-state index in [-0.39, 0.29) is 18.8 Å². The van der Waals surface area contributed by atoms with E-state index in [1.165, 1.54) is 11.8 Å². The molecule has 0 atom stereocenters. The van der Waals surface area contributed by atoms with E-state index in [1.54, 1.807) is 12.1 Å². The van der Waals surface area contributed by atoms with Crippen LogP contribution in [0.2, 0.25) is 0 Å². The molecule has 0 bridgehead atoms. The molecule has 0 fully saturated rings. The molecule has 0 saturated heterocycles. The Balaban J connectivity index is 1.47. The summed E-state index contributed by atoms with van der Waals surface area (Å²) in [6.45, 7) is 1.65. The van der Waals surface area contributed by atoms with Crippen molar-refractivity contribution < 1.29 is 14.3 Å². The molecule has 3 aromatic carbocycles. The minimum absolute atomic E-state index is 0.0919. The summed E-state index contributed by atoms with van der Waals surface area (Å²) in [6.07, 6.45) is 0.0919. The topological polar surface area (TPSA) is 80.1 Å². The van der Waals surface area contributed by atoms with Gasteiger partial charge in [-0.05, 0) is 18.6 Å². The summed E-state index contributed by atoms with van der Waals surface area (Å²) in [7, 11) is 0. The van der Waals surface area contributed by atoms with Gasteiger partial charge in [-0.25, -0.2) is 4.98 Å². The molecule has 0 N–H and O–H groups in total. The van der Waals surface area contributed by atoms with Crippen LogP contribution >= 0.6 is 11.8 Å². The Morgan fingerprint density at radius 2 is 1.56 bits per heavy atom. The Morgan fingerprint density at radius 3 is 2.19 bits per heavy atom. The van der Waals surface area contributed by atoms with E-state index >= 15 is 0 Å². The van der Waals surface area contributed by atoms with Crippen molar-refractivity contribution in [3.8, 4) is 28.5 Å². The molecule has 0 saturated carbocycles. The van der Waals surface area contributed by atoms with Gasteiger partial charge in [0.1, 0.15) is 11.1 Å². The van der Waals surface area contributed by atoms with Gasteiger partial charge in [0.05, 0.1) is 17.7 Å². The number of carbonyl (C=O) groups is 2. The highest BCUT2D eigenvalue weighted by atomic mass is 32.2. The molecule has 4 rings (SSSR count). The summed E-state index contributed by atoms with van der Waals surface area (Å²) in [6, 6.07) is 30.8. The van der Waals surface area contributed by atoms with Crippen molar-refractivity contribution in [2.24, 2.45) is 0 Å². The molecule has 4 aromatic rings. The van der Waals surface area contributed by atoms with Gasteiger partial charge in [0, 0.05) is 22.4 Å². The molecule has 6 heteroatoms. The fourth-order valence-electron chi connectivity index (χ4n) is 3.61. The number of hydrogen-bond donors (Lipinski definition) is 0. The number of ether oxygens (including phenoxy) is 1. The van der Waals surface area contributed by atoms with Crippen LogP contribution in [-0.4, -0.2) is 29.1 Å². The van der Waals surface area contributed by atoms with Crippen molar-refractivity contribution in [1.29, 1.82) is 5.26 Å². The Hall–Kier alpha value is -4.21. The number of aromatic nitrogens is 1. The lowest BCUT2D eigenvalue weighted by atomic mass is 9.99. The molecule has 0 spiro atoms. The van der Waals surface area contributed by atoms with E-state index in [0.29, 0.717) is 21.9 Å². The van der Waals surface area contributed by atoms with Crippen molar-refractivity contribution in [3.05, 3.63) is 108 Å². The maximum absolute atomic E-state index is 12.3. The van der Waals surface area contributed by atoms with Gasteiger partial charge < -0.3 is 4.74 Å². The second kappa shape index (κ2) is 12.0. The van der Waals surface area contributed by atoms with Crippen LogP contribution in [0.15, 0.2) is 96.0 Å². The highest BCUT2D eigenvalue weighted by molar-refractivity contribution is 7.99. The number of pyridine rings is 1. The SMILES string of the molecule is Cc1ccc(C(=O)COC(=O)CCSc2nc(-c3ccccc3)cc(-c3ccccc3)c2C#N)cc1. The Morgan fingerprint density at radius 1 is 0.917 bits per heavy atom. The number of esters is 1. The van der Waals surface area contributed by atoms with Crippen LogP contribution in [0.4, 0.5) is 0 Å². The molecule has 0 radical (unpaired) electrons. The van der Waals surface area contributed by atoms with E-state index < -0.39 is 5.97 Å². The number of carbonyl (C=O) groups excluding carboxylic acids is 2. The van der Waals surface area contributed by atoms with Crippen LogP contribution in [0.5, 0.6) is 0 Å². The molecule has 36 heavy (non-hydrogen) atoms. The summed E-state index contributed by atoms with van der Waals surface area (Å²) >= 11 is 1.33. The molecule has 0 aliphatic rings. The normalized spacial score (nSPS) is 10.4. The lowest BCUT2D eigenvalue weighted by molar-refractivity contribution is -0.141. The molecule has 0 aliphatic carbocycles. The van der Waals surface area contributed by atoms with E-state index in [2.05, 4.69) is 6.07 Å². The van der Waals surface area contributed by atoms with Gasteiger partial charge in [0.2, 0.25) is 0 Å². The monoisotopic (exact) mass is 492 g/mol. The summed E-state index contributed by atoms with van der Waals surface area (Å²) < 4.78 is 5.18. The second-order valence-electron chi connectivity index (χ2n) is 8.13. The molecule has 0 unspecified atom stereocenters. The quantitative estimate of drug-likeness (QED) is 0.151. The van der Waals surface area contributed by atoms with Gasteiger partial charge in [0.25, 0.3) is 0 Å². The number of hydrogen-bond acceptors (Lipinski definition) is 6. The fourth-order valence-corrected chi connectivity index (χ4v) is 4.53. The third-order valence-corrected chi connectivity index (χ3v) is 6.51. The number of nitrogens with zero attached hydrogens (tertiary/aromatic N) is 2. The fraction of sp³-hybridized carbons (Fsp3) is 0.133. The number of ketones is 1. The maximum Gasteiger partial charge on any atom is 0.307 e. The molecular weight excluding hydrogens is 468 g/mol. The first-order chi connectivity index (χ1) is 17.5. The van der Waals surface area contributed by atoms with Crippen LogP contribution in [0, 0.1) is 18.3 Å². The zero-order valence-electron chi connectivity index (χ0n) is 19.8. The van der Waals surface area contributed by atoms with E-state index in [9.17, 15) is 14.9 Å². The molecular formula is C30H24N2O3S. The van der Waals surface area contributed by atoms with Crippen LogP contribution < -0.4 is 0 Å². The molecule has 1 aromatic heterocycles.